The first-order chi connectivity index (χ1) is 18.4. The van der Waals surface area contributed by atoms with E-state index >= 15 is 0 Å². The minimum Gasteiger partial charge on any atom is -0.504 e. The van der Waals surface area contributed by atoms with E-state index in [2.05, 4.69) is 15.1 Å². The summed E-state index contributed by atoms with van der Waals surface area (Å²) >= 11 is 0. The lowest BCUT2D eigenvalue weighted by Crippen LogP contribution is -2.24. The van der Waals surface area contributed by atoms with Crippen LogP contribution in [0.3, 0.4) is 0 Å². The summed E-state index contributed by atoms with van der Waals surface area (Å²) in [6.45, 7) is 0. The van der Waals surface area contributed by atoms with Crippen molar-refractivity contribution in [1.29, 1.82) is 0 Å². The van der Waals surface area contributed by atoms with Gasteiger partial charge in [-0.15, -0.1) is 0 Å². The maximum absolute atomic E-state index is 13.3. The van der Waals surface area contributed by atoms with Gasteiger partial charge in [-0.05, 0) is 28.8 Å². The number of phenolic OH excluding ortho intramolecular Hbond substituents is 1. The van der Waals surface area contributed by atoms with Crippen molar-refractivity contribution in [1.82, 2.24) is 15.0 Å². The fraction of sp³-hybridized carbons (Fsp3) is 0.103. The molecule has 0 saturated carbocycles. The van der Waals surface area contributed by atoms with Crippen LogP contribution in [0.2, 0.25) is 0 Å². The quantitative estimate of drug-likeness (QED) is 0.252. The molecule has 0 spiro atoms. The molecule has 1 aliphatic rings. The normalized spacial score (nSPS) is 14.4. The van der Waals surface area contributed by atoms with Crippen LogP contribution in [0.15, 0.2) is 90.3 Å². The Balaban J connectivity index is 1.46. The number of hydrazone groups is 1. The minimum atomic E-state index is -0.412. The van der Waals surface area contributed by atoms with Crippen LogP contribution in [0.4, 0.5) is 11.8 Å². The number of rotatable bonds is 7. The summed E-state index contributed by atoms with van der Waals surface area (Å²) in [5, 5.41) is 17.1. The predicted octanol–water partition coefficient (Wildman–Crippen LogP) is 4.08. The number of ketones is 1. The maximum Gasteiger partial charge on any atom is 0.221 e. The number of hydrogen-bond donors (Lipinski definition) is 3. The number of ether oxygens (including phenoxy) is 1. The van der Waals surface area contributed by atoms with E-state index in [-0.39, 0.29) is 34.9 Å². The summed E-state index contributed by atoms with van der Waals surface area (Å²) < 4.78 is 5.33. The SMILES string of the molecule is COc1cc(Cc2cnc(N)nc2N)cc(C(=O)/C=C/N2N=Cc3ccccc3C2c2ccccc2)c1O. The summed E-state index contributed by atoms with van der Waals surface area (Å²) in [5.41, 5.74) is 16.1. The predicted molar refractivity (Wildman–Crippen MR) is 146 cm³/mol. The monoisotopic (exact) mass is 506 g/mol. The number of carbonyl (C=O) groups excluding carboxylic acids is 1. The molecule has 1 aromatic heterocycles. The third kappa shape index (κ3) is 4.90. The average Bonchev–Trinajstić information content (AvgIpc) is 2.94. The number of methoxy groups -OCH3 is 1. The van der Waals surface area contributed by atoms with Gasteiger partial charge in [0, 0.05) is 36.0 Å². The average molecular weight is 507 g/mol. The molecular formula is C29H26N6O3. The zero-order valence-electron chi connectivity index (χ0n) is 20.7. The Morgan fingerprint density at radius 3 is 2.63 bits per heavy atom. The number of aromatic nitrogens is 2. The molecule has 3 aromatic carbocycles. The van der Waals surface area contributed by atoms with Crippen molar-refractivity contribution in [2.24, 2.45) is 5.10 Å². The fourth-order valence-electron chi connectivity index (χ4n) is 4.44. The van der Waals surface area contributed by atoms with Gasteiger partial charge in [-0.25, -0.2) is 4.98 Å². The van der Waals surface area contributed by atoms with E-state index in [1.54, 1.807) is 29.6 Å². The highest BCUT2D eigenvalue weighted by Gasteiger charge is 2.25. The van der Waals surface area contributed by atoms with Crippen molar-refractivity contribution >= 4 is 23.8 Å². The molecular weight excluding hydrogens is 480 g/mol. The molecule has 1 unspecified atom stereocenters. The minimum absolute atomic E-state index is 0.0762. The van der Waals surface area contributed by atoms with Gasteiger partial charge in [-0.3, -0.25) is 9.80 Å². The Hall–Kier alpha value is -5.18. The Morgan fingerprint density at radius 1 is 1.11 bits per heavy atom. The second kappa shape index (κ2) is 10.4. The number of benzene rings is 3. The van der Waals surface area contributed by atoms with Crippen LogP contribution in [-0.4, -0.2) is 39.2 Å². The van der Waals surface area contributed by atoms with Gasteiger partial charge >= 0.3 is 0 Å². The van der Waals surface area contributed by atoms with Crippen molar-refractivity contribution in [2.45, 2.75) is 12.5 Å². The number of anilines is 2. The van der Waals surface area contributed by atoms with Crippen molar-refractivity contribution in [3.63, 3.8) is 0 Å². The lowest BCUT2D eigenvalue weighted by atomic mass is 9.93. The zero-order valence-corrected chi connectivity index (χ0v) is 20.7. The third-order valence-electron chi connectivity index (χ3n) is 6.31. The van der Waals surface area contributed by atoms with Crippen LogP contribution in [0.25, 0.3) is 0 Å². The molecule has 0 fully saturated rings. The fourth-order valence-corrected chi connectivity index (χ4v) is 4.44. The molecule has 38 heavy (non-hydrogen) atoms. The van der Waals surface area contributed by atoms with Gasteiger partial charge in [0.25, 0.3) is 0 Å². The van der Waals surface area contributed by atoms with Crippen LogP contribution in [0.1, 0.15) is 44.2 Å². The molecule has 0 radical (unpaired) electrons. The van der Waals surface area contributed by atoms with E-state index in [0.717, 1.165) is 16.7 Å². The van der Waals surface area contributed by atoms with E-state index in [0.29, 0.717) is 17.5 Å². The lowest BCUT2D eigenvalue weighted by molar-refractivity contribution is 0.104. The summed E-state index contributed by atoms with van der Waals surface area (Å²) in [4.78, 5) is 21.3. The summed E-state index contributed by atoms with van der Waals surface area (Å²) in [6, 6.07) is 21.0. The van der Waals surface area contributed by atoms with Crippen molar-refractivity contribution in [3.8, 4) is 11.5 Å². The molecule has 4 aromatic rings. The molecule has 0 bridgehead atoms. The maximum atomic E-state index is 13.3. The summed E-state index contributed by atoms with van der Waals surface area (Å²) in [7, 11) is 1.42. The molecule has 9 nitrogen and oxygen atoms in total. The van der Waals surface area contributed by atoms with Crippen LogP contribution in [0.5, 0.6) is 11.5 Å². The van der Waals surface area contributed by atoms with E-state index in [1.807, 2.05) is 54.6 Å². The number of nitrogens with two attached hydrogens (primary N) is 2. The standard InChI is InChI=1S/C29H26N6O3/c1-38-25-15-18(13-21-16-32-29(31)34-28(21)30)14-23(27(25)37)24(36)11-12-35-26(19-7-3-2-4-8-19)22-10-6-5-9-20(22)17-33-35/h2-12,14-17,26,37H,13H2,1H3,(H4,30,31,32,34)/b12-11+. The highest BCUT2D eigenvalue weighted by molar-refractivity contribution is 6.07. The second-order valence-electron chi connectivity index (χ2n) is 8.76. The van der Waals surface area contributed by atoms with Gasteiger partial charge < -0.3 is 21.3 Å². The molecule has 2 heterocycles. The van der Waals surface area contributed by atoms with Crippen LogP contribution >= 0.6 is 0 Å². The Labute approximate surface area is 219 Å². The zero-order chi connectivity index (χ0) is 26.6. The van der Waals surface area contributed by atoms with Crippen LogP contribution in [-0.2, 0) is 6.42 Å². The number of nitrogen functional groups attached to an aromatic ring is 2. The Kier molecular flexibility index (Phi) is 6.73. The number of allylic oxidation sites excluding steroid dienone is 1. The Bertz CT molecular complexity index is 1550. The van der Waals surface area contributed by atoms with Gasteiger partial charge in [0.05, 0.1) is 18.9 Å². The number of fused-ring (bicyclic) bond motifs is 1. The van der Waals surface area contributed by atoms with E-state index < -0.39 is 5.78 Å². The van der Waals surface area contributed by atoms with Crippen LogP contribution in [0, 0.1) is 0 Å². The van der Waals surface area contributed by atoms with Gasteiger partial charge in [0.1, 0.15) is 11.9 Å². The second-order valence-corrected chi connectivity index (χ2v) is 8.76. The highest BCUT2D eigenvalue weighted by Crippen LogP contribution is 2.35. The first-order valence-corrected chi connectivity index (χ1v) is 11.9. The number of aromatic hydroxyl groups is 1. The molecule has 0 amide bonds. The number of nitrogens with zero attached hydrogens (tertiary/aromatic N) is 4. The molecule has 5 N–H and O–H groups in total. The molecule has 1 aliphatic heterocycles. The van der Waals surface area contributed by atoms with E-state index in [1.165, 1.54) is 19.4 Å². The number of carbonyl (C=O) groups is 1. The largest absolute Gasteiger partial charge is 0.504 e. The van der Waals surface area contributed by atoms with Gasteiger partial charge in [-0.1, -0.05) is 54.6 Å². The molecule has 0 saturated heterocycles. The first kappa shape index (κ1) is 24.5. The summed E-state index contributed by atoms with van der Waals surface area (Å²) in [5.74, 6) is -0.175. The molecule has 9 heteroatoms. The lowest BCUT2D eigenvalue weighted by Gasteiger charge is -2.31. The van der Waals surface area contributed by atoms with E-state index in [9.17, 15) is 9.90 Å². The molecule has 1 atom stereocenters. The van der Waals surface area contributed by atoms with Gasteiger partial charge in [0.2, 0.25) is 5.95 Å². The topological polar surface area (TPSA) is 140 Å². The molecule has 0 aliphatic carbocycles. The third-order valence-corrected chi connectivity index (χ3v) is 6.31. The smallest absolute Gasteiger partial charge is 0.221 e. The van der Waals surface area contributed by atoms with Gasteiger partial charge in [-0.2, -0.15) is 10.1 Å². The highest BCUT2D eigenvalue weighted by atomic mass is 16.5. The van der Waals surface area contributed by atoms with Gasteiger partial charge in [0.15, 0.2) is 17.3 Å². The van der Waals surface area contributed by atoms with E-state index in [4.69, 9.17) is 16.2 Å². The number of hydrogen-bond acceptors (Lipinski definition) is 9. The van der Waals surface area contributed by atoms with Crippen molar-refractivity contribution < 1.29 is 14.6 Å². The van der Waals surface area contributed by atoms with Crippen molar-refractivity contribution in [2.75, 3.05) is 18.6 Å². The molecule has 190 valence electrons. The Morgan fingerprint density at radius 2 is 1.87 bits per heavy atom. The summed E-state index contributed by atoms with van der Waals surface area (Å²) in [6.07, 6.45) is 6.63. The van der Waals surface area contributed by atoms with Crippen LogP contribution < -0.4 is 16.2 Å². The molecule has 5 rings (SSSR count). The first-order valence-electron chi connectivity index (χ1n) is 11.9. The van der Waals surface area contributed by atoms with Crippen molar-refractivity contribution in [3.05, 3.63) is 119 Å². The number of phenols is 1.